The number of halogens is 2. The van der Waals surface area contributed by atoms with Crippen LogP contribution in [0.2, 0.25) is 0 Å². The fourth-order valence-electron chi connectivity index (χ4n) is 3.03. The third-order valence-corrected chi connectivity index (χ3v) is 4.55. The van der Waals surface area contributed by atoms with E-state index in [-0.39, 0.29) is 23.1 Å². The molecular weight excluding hydrogens is 408 g/mol. The zero-order chi connectivity index (χ0) is 22.4. The van der Waals surface area contributed by atoms with E-state index in [0.717, 1.165) is 11.3 Å². The summed E-state index contributed by atoms with van der Waals surface area (Å²) in [5.74, 6) is 0.460. The Balaban J connectivity index is 1.63. The molecule has 0 bridgehead atoms. The molecule has 7 nitrogen and oxygen atoms in total. The maximum Gasteiger partial charge on any atom is 0.387 e. The molecule has 164 valence electrons. The van der Waals surface area contributed by atoms with Crippen LogP contribution in [0.15, 0.2) is 48.7 Å². The Labute approximate surface area is 178 Å². The number of amides is 1. The van der Waals surface area contributed by atoms with Gasteiger partial charge in [0.25, 0.3) is 5.91 Å². The van der Waals surface area contributed by atoms with Crippen LogP contribution in [0.25, 0.3) is 5.69 Å². The summed E-state index contributed by atoms with van der Waals surface area (Å²) >= 11 is 0. The van der Waals surface area contributed by atoms with Crippen molar-refractivity contribution in [2.75, 3.05) is 20.8 Å². The Morgan fingerprint density at radius 3 is 2.52 bits per heavy atom. The highest BCUT2D eigenvalue weighted by Crippen LogP contribution is 2.29. The van der Waals surface area contributed by atoms with Crippen LogP contribution in [0.4, 0.5) is 8.78 Å². The molecule has 1 N–H and O–H groups in total. The molecule has 0 radical (unpaired) electrons. The number of carbonyl (C=O) groups is 1. The first-order chi connectivity index (χ1) is 14.9. The van der Waals surface area contributed by atoms with Gasteiger partial charge < -0.3 is 19.5 Å². The van der Waals surface area contributed by atoms with Gasteiger partial charge in [-0.2, -0.15) is 13.9 Å². The van der Waals surface area contributed by atoms with E-state index in [1.54, 1.807) is 36.2 Å². The first kappa shape index (κ1) is 22.1. The van der Waals surface area contributed by atoms with E-state index in [9.17, 15) is 13.6 Å². The van der Waals surface area contributed by atoms with E-state index in [1.165, 1.54) is 13.2 Å². The van der Waals surface area contributed by atoms with Gasteiger partial charge in [-0.3, -0.25) is 4.79 Å². The first-order valence-electron chi connectivity index (χ1n) is 9.52. The Bertz CT molecular complexity index is 1050. The molecule has 0 fully saturated rings. The van der Waals surface area contributed by atoms with Gasteiger partial charge in [0, 0.05) is 12.7 Å². The Hall–Kier alpha value is -3.62. The normalized spacial score (nSPS) is 10.8. The lowest BCUT2D eigenvalue weighted by Crippen LogP contribution is -2.26. The number of hydrogen-bond acceptors (Lipinski definition) is 5. The summed E-state index contributed by atoms with van der Waals surface area (Å²) in [6, 6.07) is 12.0. The molecule has 3 rings (SSSR count). The minimum absolute atomic E-state index is 0.0489. The summed E-state index contributed by atoms with van der Waals surface area (Å²) in [6.45, 7) is -0.706. The zero-order valence-corrected chi connectivity index (χ0v) is 17.4. The van der Waals surface area contributed by atoms with Gasteiger partial charge in [0.15, 0.2) is 17.2 Å². The number of benzene rings is 2. The second-order valence-electron chi connectivity index (χ2n) is 6.69. The number of alkyl halides is 2. The molecule has 0 unspecified atom stereocenters. The summed E-state index contributed by atoms with van der Waals surface area (Å²) in [5.41, 5.74) is 2.73. The minimum atomic E-state index is -2.95. The van der Waals surface area contributed by atoms with E-state index >= 15 is 0 Å². The molecule has 9 heteroatoms. The molecule has 0 spiro atoms. The van der Waals surface area contributed by atoms with Crippen LogP contribution < -0.4 is 19.5 Å². The molecule has 0 aliphatic rings. The molecule has 0 aliphatic heterocycles. The summed E-state index contributed by atoms with van der Waals surface area (Å²) in [5, 5.41) is 7.10. The van der Waals surface area contributed by atoms with E-state index < -0.39 is 6.61 Å². The zero-order valence-electron chi connectivity index (χ0n) is 17.4. The number of rotatable bonds is 9. The molecule has 0 aliphatic carbocycles. The van der Waals surface area contributed by atoms with Crippen LogP contribution in [0.3, 0.4) is 0 Å². The average molecular weight is 431 g/mol. The number of nitrogens with one attached hydrogen (secondary N) is 1. The predicted octanol–water partition coefficient (Wildman–Crippen LogP) is 3.77. The van der Waals surface area contributed by atoms with E-state index in [0.29, 0.717) is 24.3 Å². The average Bonchev–Trinajstić information content (AvgIpc) is 3.24. The number of aromatic nitrogens is 2. The van der Waals surface area contributed by atoms with Crippen LogP contribution in [-0.4, -0.2) is 43.1 Å². The Morgan fingerprint density at radius 1 is 1.06 bits per heavy atom. The van der Waals surface area contributed by atoms with E-state index in [2.05, 4.69) is 15.2 Å². The highest BCUT2D eigenvalue weighted by atomic mass is 19.3. The quantitative estimate of drug-likeness (QED) is 0.558. The molecule has 3 aromatic rings. The first-order valence-corrected chi connectivity index (χ1v) is 9.52. The van der Waals surface area contributed by atoms with Gasteiger partial charge in [-0.25, -0.2) is 4.68 Å². The lowest BCUT2D eigenvalue weighted by atomic mass is 10.1. The molecule has 31 heavy (non-hydrogen) atoms. The molecule has 0 atom stereocenters. The summed E-state index contributed by atoms with van der Waals surface area (Å²) in [7, 11) is 2.95. The topological polar surface area (TPSA) is 74.6 Å². The summed E-state index contributed by atoms with van der Waals surface area (Å²) in [4.78, 5) is 12.5. The van der Waals surface area contributed by atoms with Gasteiger partial charge in [-0.05, 0) is 54.8 Å². The highest BCUT2D eigenvalue weighted by Gasteiger charge is 2.14. The van der Waals surface area contributed by atoms with Crippen LogP contribution in [0.1, 0.15) is 21.6 Å². The fourth-order valence-corrected chi connectivity index (χ4v) is 3.03. The lowest BCUT2D eigenvalue weighted by molar-refractivity contribution is -0.0512. The van der Waals surface area contributed by atoms with Crippen molar-refractivity contribution in [3.05, 3.63) is 65.5 Å². The standard InChI is InChI=1S/C22H23F2N3O4/c1-14-4-6-18(29-2)17(12-14)27-11-9-16(26-27)21(28)25-10-8-15-5-7-19(30-3)20(13-15)31-22(23)24/h4-7,9,11-13,22H,8,10H2,1-3H3,(H,25,28). The second kappa shape index (κ2) is 9.92. The van der Waals surface area contributed by atoms with Crippen LogP contribution in [0.5, 0.6) is 17.2 Å². The summed E-state index contributed by atoms with van der Waals surface area (Å²) < 4.78 is 41.6. The largest absolute Gasteiger partial charge is 0.494 e. The van der Waals surface area contributed by atoms with Gasteiger partial charge >= 0.3 is 6.61 Å². The number of carbonyl (C=O) groups excluding carboxylic acids is 1. The van der Waals surface area contributed by atoms with Gasteiger partial charge in [-0.1, -0.05) is 12.1 Å². The molecular formula is C22H23F2N3O4. The maximum atomic E-state index is 12.6. The minimum Gasteiger partial charge on any atom is -0.494 e. The molecule has 1 heterocycles. The van der Waals surface area contributed by atoms with E-state index in [4.69, 9.17) is 9.47 Å². The smallest absolute Gasteiger partial charge is 0.387 e. The third-order valence-electron chi connectivity index (χ3n) is 4.55. The van der Waals surface area contributed by atoms with Crippen molar-refractivity contribution in [1.82, 2.24) is 15.1 Å². The van der Waals surface area contributed by atoms with Gasteiger partial charge in [-0.15, -0.1) is 0 Å². The fraction of sp³-hybridized carbons (Fsp3) is 0.273. The molecule has 0 saturated carbocycles. The monoisotopic (exact) mass is 431 g/mol. The van der Waals surface area contributed by atoms with Crippen LogP contribution >= 0.6 is 0 Å². The third kappa shape index (κ3) is 5.50. The SMILES string of the molecule is COc1ccc(CCNC(=O)c2ccn(-c3cc(C)ccc3OC)n2)cc1OC(F)F. The number of ether oxygens (including phenoxy) is 3. The van der Waals surface area contributed by atoms with E-state index in [1.807, 2.05) is 25.1 Å². The number of hydrogen-bond donors (Lipinski definition) is 1. The maximum absolute atomic E-state index is 12.6. The second-order valence-corrected chi connectivity index (χ2v) is 6.69. The van der Waals surface area contributed by atoms with Gasteiger partial charge in [0.2, 0.25) is 0 Å². The van der Waals surface area contributed by atoms with Crippen molar-refractivity contribution in [2.45, 2.75) is 20.0 Å². The predicted molar refractivity (Wildman–Crippen MR) is 111 cm³/mol. The van der Waals surface area contributed by atoms with Crippen molar-refractivity contribution >= 4 is 5.91 Å². The van der Waals surface area contributed by atoms with Crippen LogP contribution in [-0.2, 0) is 6.42 Å². The van der Waals surface area contributed by atoms with Crippen molar-refractivity contribution in [3.63, 3.8) is 0 Å². The van der Waals surface area contributed by atoms with Gasteiger partial charge in [0.05, 0.1) is 14.2 Å². The molecule has 1 aromatic heterocycles. The number of nitrogens with zero attached hydrogens (tertiary/aromatic N) is 2. The molecule has 1 amide bonds. The number of aryl methyl sites for hydroxylation is 1. The molecule has 0 saturated heterocycles. The molecule has 2 aromatic carbocycles. The lowest BCUT2D eigenvalue weighted by Gasteiger charge is -2.11. The van der Waals surface area contributed by atoms with Crippen molar-refractivity contribution in [1.29, 1.82) is 0 Å². The van der Waals surface area contributed by atoms with Crippen LogP contribution in [0, 0.1) is 6.92 Å². The number of methoxy groups -OCH3 is 2. The van der Waals surface area contributed by atoms with Crippen molar-refractivity contribution in [2.24, 2.45) is 0 Å². The summed E-state index contributed by atoms with van der Waals surface area (Å²) in [6.07, 6.45) is 2.10. The Kier molecular flexibility index (Phi) is 7.07. The Morgan fingerprint density at radius 2 is 1.81 bits per heavy atom. The van der Waals surface area contributed by atoms with Gasteiger partial charge in [0.1, 0.15) is 11.4 Å². The van der Waals surface area contributed by atoms with Crippen molar-refractivity contribution < 1.29 is 27.8 Å². The van der Waals surface area contributed by atoms with Crippen molar-refractivity contribution in [3.8, 4) is 22.9 Å². The highest BCUT2D eigenvalue weighted by molar-refractivity contribution is 5.92.